The number of primary amides is 1. The van der Waals surface area contributed by atoms with Crippen LogP contribution in [0.5, 0.6) is 0 Å². The third-order valence-corrected chi connectivity index (χ3v) is 7.93. The first-order valence-corrected chi connectivity index (χ1v) is 14.6. The van der Waals surface area contributed by atoms with Gasteiger partial charge in [0.05, 0.1) is 0 Å². The van der Waals surface area contributed by atoms with Crippen molar-refractivity contribution in [2.75, 3.05) is 52.9 Å². The van der Waals surface area contributed by atoms with Gasteiger partial charge in [-0.15, -0.1) is 0 Å². The summed E-state index contributed by atoms with van der Waals surface area (Å²) in [5, 5.41) is 2.95. The zero-order chi connectivity index (χ0) is 29.9. The molecule has 41 heavy (non-hydrogen) atoms. The third kappa shape index (κ3) is 7.92. The summed E-state index contributed by atoms with van der Waals surface area (Å²) in [5.41, 5.74) is 7.29. The Morgan fingerprint density at radius 3 is 2.32 bits per heavy atom. The minimum absolute atomic E-state index is 0.0275. The molecule has 1 heterocycles. The summed E-state index contributed by atoms with van der Waals surface area (Å²) in [4.78, 5) is 46.0. The number of carbonyl (C=O) groups is 3. The highest BCUT2D eigenvalue weighted by molar-refractivity contribution is 6.05. The summed E-state index contributed by atoms with van der Waals surface area (Å²) in [6, 6.07) is 7.73. The highest BCUT2D eigenvalue weighted by atomic mass is 19.1. The summed E-state index contributed by atoms with van der Waals surface area (Å²) >= 11 is 0. The first kappa shape index (κ1) is 30.7. The average molecular weight is 566 g/mol. The molecule has 0 radical (unpaired) electrons. The number of piperazine rings is 1. The van der Waals surface area contributed by atoms with Crippen molar-refractivity contribution < 1.29 is 18.8 Å². The zero-order valence-electron chi connectivity index (χ0n) is 25.1. The number of carbonyl (C=O) groups excluding carboxylic acids is 3. The van der Waals surface area contributed by atoms with Crippen LogP contribution >= 0.6 is 0 Å². The van der Waals surface area contributed by atoms with Crippen LogP contribution in [0.1, 0.15) is 76.7 Å². The van der Waals surface area contributed by atoms with Gasteiger partial charge in [0.15, 0.2) is 0 Å². The molecule has 1 saturated heterocycles. The lowest BCUT2D eigenvalue weighted by Gasteiger charge is -2.33. The Morgan fingerprint density at radius 2 is 1.71 bits per heavy atom. The molecule has 3 N–H and O–H groups in total. The minimum atomic E-state index is -0.750. The molecule has 0 atom stereocenters. The van der Waals surface area contributed by atoms with Gasteiger partial charge in [0, 0.05) is 62.0 Å². The van der Waals surface area contributed by atoms with Gasteiger partial charge in [-0.25, -0.2) is 4.39 Å². The van der Waals surface area contributed by atoms with Crippen LogP contribution in [0, 0.1) is 18.2 Å². The molecule has 0 unspecified atom stereocenters. The average Bonchev–Trinajstić information content (AvgIpc) is 3.76. The van der Waals surface area contributed by atoms with Crippen LogP contribution < -0.4 is 11.1 Å². The maximum absolute atomic E-state index is 14.9. The molecular weight excluding hydrogens is 521 g/mol. The van der Waals surface area contributed by atoms with Crippen molar-refractivity contribution in [3.8, 4) is 11.1 Å². The lowest BCUT2D eigenvalue weighted by atomic mass is 9.91. The fraction of sp³-hybridized carbons (Fsp3) is 0.531. The van der Waals surface area contributed by atoms with E-state index in [-0.39, 0.29) is 28.8 Å². The number of likely N-dealkylation sites (N-methyl/N-ethyl adjacent to an activating group) is 1. The van der Waals surface area contributed by atoms with Crippen molar-refractivity contribution in [2.45, 2.75) is 53.0 Å². The lowest BCUT2D eigenvalue weighted by Crippen LogP contribution is -2.45. The second-order valence-corrected chi connectivity index (χ2v) is 12.7. The molecule has 0 aromatic heterocycles. The number of nitrogens with two attached hydrogens (primary N) is 1. The third-order valence-electron chi connectivity index (χ3n) is 7.93. The van der Waals surface area contributed by atoms with E-state index in [9.17, 15) is 18.8 Å². The monoisotopic (exact) mass is 565 g/mol. The molecule has 3 amide bonds. The van der Waals surface area contributed by atoms with Crippen molar-refractivity contribution in [2.24, 2.45) is 11.1 Å². The van der Waals surface area contributed by atoms with Gasteiger partial charge in [0.2, 0.25) is 5.91 Å². The predicted octanol–water partition coefficient (Wildman–Crippen LogP) is 3.92. The number of hydrogen-bond donors (Lipinski definition) is 2. The van der Waals surface area contributed by atoms with Gasteiger partial charge >= 0.3 is 0 Å². The topological polar surface area (TPSA) is 99.0 Å². The van der Waals surface area contributed by atoms with Crippen molar-refractivity contribution in [3.05, 3.63) is 58.4 Å². The number of nitrogens with one attached hydrogen (secondary N) is 1. The molecule has 2 aromatic carbocycles. The van der Waals surface area contributed by atoms with E-state index in [4.69, 9.17) is 5.73 Å². The van der Waals surface area contributed by atoms with Crippen molar-refractivity contribution in [1.82, 2.24) is 20.0 Å². The van der Waals surface area contributed by atoms with E-state index < -0.39 is 11.7 Å². The molecule has 9 heteroatoms. The molecule has 2 fully saturated rings. The highest BCUT2D eigenvalue weighted by Gasteiger charge is 2.34. The van der Waals surface area contributed by atoms with E-state index in [0.29, 0.717) is 40.9 Å². The number of amides is 3. The lowest BCUT2D eigenvalue weighted by molar-refractivity contribution is 0.0729. The molecule has 4 rings (SSSR count). The smallest absolute Gasteiger partial charge is 0.254 e. The summed E-state index contributed by atoms with van der Waals surface area (Å²) in [6.07, 6.45) is 2.72. The van der Waals surface area contributed by atoms with Crippen LogP contribution in [0.4, 0.5) is 4.39 Å². The molecule has 2 aromatic rings. The Balaban J connectivity index is 1.67. The second kappa shape index (κ2) is 12.7. The van der Waals surface area contributed by atoms with E-state index in [1.807, 2.05) is 25.7 Å². The van der Waals surface area contributed by atoms with Crippen LogP contribution in [0.15, 0.2) is 30.3 Å². The van der Waals surface area contributed by atoms with E-state index in [1.54, 1.807) is 25.1 Å². The normalized spacial score (nSPS) is 16.4. The molecule has 1 aliphatic heterocycles. The molecule has 8 nitrogen and oxygen atoms in total. The van der Waals surface area contributed by atoms with E-state index in [1.165, 1.54) is 6.07 Å². The second-order valence-electron chi connectivity index (χ2n) is 12.7. The van der Waals surface area contributed by atoms with E-state index >= 15 is 0 Å². The van der Waals surface area contributed by atoms with Crippen LogP contribution in [0.25, 0.3) is 11.1 Å². The molecule has 2 aliphatic rings. The summed E-state index contributed by atoms with van der Waals surface area (Å²) in [5.74, 6) is -1.79. The quantitative estimate of drug-likeness (QED) is 0.455. The highest BCUT2D eigenvalue weighted by Crippen LogP contribution is 2.34. The maximum atomic E-state index is 14.9. The summed E-state index contributed by atoms with van der Waals surface area (Å²) in [7, 11) is 2.13. The number of halogens is 1. The van der Waals surface area contributed by atoms with Gasteiger partial charge in [-0.3, -0.25) is 14.4 Å². The molecule has 1 saturated carbocycles. The van der Waals surface area contributed by atoms with E-state index in [0.717, 1.165) is 58.1 Å². The van der Waals surface area contributed by atoms with Crippen LogP contribution in [-0.2, 0) is 0 Å². The first-order chi connectivity index (χ1) is 19.3. The van der Waals surface area contributed by atoms with Gasteiger partial charge in [-0.2, -0.15) is 0 Å². The Bertz CT molecular complexity index is 1290. The van der Waals surface area contributed by atoms with Gasteiger partial charge in [0.1, 0.15) is 5.82 Å². The molecule has 222 valence electrons. The van der Waals surface area contributed by atoms with Crippen molar-refractivity contribution >= 4 is 17.7 Å². The molecular formula is C32H44FN5O3. The molecule has 0 bridgehead atoms. The Labute approximate surface area is 243 Å². The fourth-order valence-corrected chi connectivity index (χ4v) is 5.17. The van der Waals surface area contributed by atoms with Crippen LogP contribution in [0.2, 0.25) is 0 Å². The van der Waals surface area contributed by atoms with Gasteiger partial charge in [-0.05, 0) is 86.1 Å². The number of hydrogen-bond acceptors (Lipinski definition) is 5. The van der Waals surface area contributed by atoms with Gasteiger partial charge < -0.3 is 25.8 Å². The fourth-order valence-electron chi connectivity index (χ4n) is 5.17. The SMILES string of the molecule is Cc1c(F)cc(C(N)=O)cc1-c1ccc(C(=O)NCC(C)(C)C)cc1C(=O)N(CCCN1CCN(C)CC1)C1CC1. The summed E-state index contributed by atoms with van der Waals surface area (Å²) < 4.78 is 14.9. The Morgan fingerprint density at radius 1 is 1.02 bits per heavy atom. The van der Waals surface area contributed by atoms with Gasteiger partial charge in [-0.1, -0.05) is 26.8 Å². The summed E-state index contributed by atoms with van der Waals surface area (Å²) in [6.45, 7) is 13.8. The maximum Gasteiger partial charge on any atom is 0.254 e. The predicted molar refractivity (Wildman–Crippen MR) is 159 cm³/mol. The largest absolute Gasteiger partial charge is 0.366 e. The minimum Gasteiger partial charge on any atom is -0.366 e. The first-order valence-electron chi connectivity index (χ1n) is 14.6. The van der Waals surface area contributed by atoms with Gasteiger partial charge in [0.25, 0.3) is 11.8 Å². The Kier molecular flexibility index (Phi) is 9.49. The zero-order valence-corrected chi connectivity index (χ0v) is 25.1. The van der Waals surface area contributed by atoms with Crippen molar-refractivity contribution in [3.63, 3.8) is 0 Å². The number of benzene rings is 2. The number of nitrogens with zero attached hydrogens (tertiary/aromatic N) is 3. The standard InChI is InChI=1S/C32H44FN5O3/c1-21-26(18-23(29(34)39)19-28(21)33)25-10-7-22(30(40)35-20-32(2,3)4)17-27(25)31(41)38(24-8-9-24)12-6-11-37-15-13-36(5)14-16-37/h7,10,17-19,24H,6,8-9,11-16,20H2,1-5H3,(H2,34,39)(H,35,40). The molecule has 0 spiro atoms. The van der Waals surface area contributed by atoms with Crippen LogP contribution in [-0.4, -0.2) is 91.3 Å². The number of rotatable bonds is 10. The van der Waals surface area contributed by atoms with Crippen molar-refractivity contribution in [1.29, 1.82) is 0 Å². The molecule has 1 aliphatic carbocycles. The van der Waals surface area contributed by atoms with Crippen LogP contribution in [0.3, 0.4) is 0 Å². The Hall–Kier alpha value is -3.30. The van der Waals surface area contributed by atoms with E-state index in [2.05, 4.69) is 22.2 Å².